The number of carboxylic acid groups (broad SMARTS) is 1. The highest BCUT2D eigenvalue weighted by atomic mass is 35.5. The summed E-state index contributed by atoms with van der Waals surface area (Å²) < 4.78 is 0. The quantitative estimate of drug-likeness (QED) is 0.301. The van der Waals surface area contributed by atoms with Gasteiger partial charge in [0.15, 0.2) is 0 Å². The highest BCUT2D eigenvalue weighted by Gasteiger charge is 2.70. The second-order valence-electron chi connectivity index (χ2n) is 12.2. The molecule has 2 aliphatic heterocycles. The van der Waals surface area contributed by atoms with E-state index >= 15 is 4.79 Å². The molecule has 3 aromatic carbocycles. The van der Waals surface area contributed by atoms with E-state index < -0.39 is 64.6 Å². The molecule has 3 fully saturated rings. The Morgan fingerprint density at radius 3 is 2.36 bits per heavy atom. The Kier molecular flexibility index (Phi) is 6.89. The fraction of sp³-hybridized carbons (Fsp3) is 0.286. The molecule has 0 aromatic heterocycles. The number of carbonyl (C=O) groups is 5. The summed E-state index contributed by atoms with van der Waals surface area (Å²) in [5.74, 6) is -6.60. The number of aliphatic carboxylic acids is 1. The van der Waals surface area contributed by atoms with Crippen LogP contribution in [0.1, 0.15) is 36.3 Å². The minimum absolute atomic E-state index is 0.0147. The minimum Gasteiger partial charge on any atom is -0.508 e. The number of amides is 4. The van der Waals surface area contributed by atoms with E-state index in [2.05, 4.69) is 0 Å². The summed E-state index contributed by atoms with van der Waals surface area (Å²) in [7, 11) is 0. The summed E-state index contributed by atoms with van der Waals surface area (Å²) >= 11 is 6.32. The SMILES string of the molecule is O=C(O)CCN1C(=O)C2CC=C3C(CC4C(=O)N(c5cccc(Cl)c5)C(=O)C4(c4ccccc4)C3c3cccc(O)c3)C2C1=O. The molecular formula is C35H29ClN2O7. The van der Waals surface area contributed by atoms with Crippen LogP contribution in [0.5, 0.6) is 5.75 Å². The number of fused-ring (bicyclic) bond motifs is 4. The van der Waals surface area contributed by atoms with Gasteiger partial charge in [0.25, 0.3) is 0 Å². The normalized spacial score (nSPS) is 28.9. The smallest absolute Gasteiger partial charge is 0.305 e. The van der Waals surface area contributed by atoms with Crippen molar-refractivity contribution in [3.05, 3.63) is 107 Å². The van der Waals surface area contributed by atoms with Gasteiger partial charge < -0.3 is 10.2 Å². The predicted molar refractivity (Wildman–Crippen MR) is 163 cm³/mol. The van der Waals surface area contributed by atoms with Crippen molar-refractivity contribution in [2.75, 3.05) is 11.4 Å². The molecular weight excluding hydrogens is 596 g/mol. The summed E-state index contributed by atoms with van der Waals surface area (Å²) in [6.07, 6.45) is 1.92. The first-order chi connectivity index (χ1) is 21.6. The Balaban J connectivity index is 1.45. The first-order valence-corrected chi connectivity index (χ1v) is 15.3. The summed E-state index contributed by atoms with van der Waals surface area (Å²) in [5.41, 5.74) is 0.894. The zero-order chi connectivity index (χ0) is 31.6. The number of carboxylic acids is 1. The van der Waals surface area contributed by atoms with Crippen LogP contribution in [0.25, 0.3) is 0 Å². The number of rotatable bonds is 6. The van der Waals surface area contributed by atoms with Crippen LogP contribution in [0.4, 0.5) is 5.69 Å². The van der Waals surface area contributed by atoms with E-state index in [1.165, 1.54) is 11.0 Å². The van der Waals surface area contributed by atoms with Crippen LogP contribution >= 0.6 is 11.6 Å². The Hall–Kier alpha value is -4.76. The molecule has 0 radical (unpaired) electrons. The van der Waals surface area contributed by atoms with Gasteiger partial charge in [0.05, 0.1) is 35.3 Å². The van der Waals surface area contributed by atoms with E-state index in [1.807, 2.05) is 42.5 Å². The first-order valence-electron chi connectivity index (χ1n) is 14.9. The third kappa shape index (κ3) is 4.24. The number of allylic oxidation sites excluding steroid dienone is 2. The molecule has 7 rings (SSSR count). The van der Waals surface area contributed by atoms with Crippen LogP contribution in [0, 0.1) is 23.7 Å². The van der Waals surface area contributed by atoms with Gasteiger partial charge in [-0.25, -0.2) is 4.90 Å². The molecule has 228 valence electrons. The third-order valence-electron chi connectivity index (χ3n) is 10.0. The highest BCUT2D eigenvalue weighted by Crippen LogP contribution is 2.64. The number of nitrogens with zero attached hydrogens (tertiary/aromatic N) is 2. The van der Waals surface area contributed by atoms with E-state index in [-0.39, 0.29) is 31.6 Å². The number of anilines is 1. The van der Waals surface area contributed by atoms with Crippen molar-refractivity contribution < 1.29 is 34.2 Å². The maximum absolute atomic E-state index is 15.1. The molecule has 4 amide bonds. The Bertz CT molecular complexity index is 1810. The zero-order valence-electron chi connectivity index (χ0n) is 24.0. The van der Waals surface area contributed by atoms with Gasteiger partial charge in [-0.05, 0) is 60.2 Å². The van der Waals surface area contributed by atoms with Crippen molar-refractivity contribution in [3.63, 3.8) is 0 Å². The molecule has 2 heterocycles. The number of hydrogen-bond donors (Lipinski definition) is 2. The molecule has 45 heavy (non-hydrogen) atoms. The van der Waals surface area contributed by atoms with Gasteiger partial charge in [0, 0.05) is 17.5 Å². The lowest BCUT2D eigenvalue weighted by atomic mass is 9.49. The number of benzene rings is 3. The molecule has 6 unspecified atom stereocenters. The van der Waals surface area contributed by atoms with Crippen LogP contribution in [-0.4, -0.2) is 51.3 Å². The van der Waals surface area contributed by atoms with Gasteiger partial charge in [0.2, 0.25) is 23.6 Å². The number of hydrogen-bond acceptors (Lipinski definition) is 6. The summed E-state index contributed by atoms with van der Waals surface area (Å²) in [6.45, 7) is -0.227. The number of imide groups is 2. The number of halogens is 1. The number of likely N-dealkylation sites (tertiary alicyclic amines) is 1. The topological polar surface area (TPSA) is 132 Å². The monoisotopic (exact) mass is 624 g/mol. The molecule has 6 atom stereocenters. The van der Waals surface area contributed by atoms with Crippen LogP contribution < -0.4 is 4.90 Å². The predicted octanol–water partition coefficient (Wildman–Crippen LogP) is 4.68. The molecule has 2 aliphatic carbocycles. The van der Waals surface area contributed by atoms with Gasteiger partial charge in [-0.1, -0.05) is 71.8 Å². The summed E-state index contributed by atoms with van der Waals surface area (Å²) in [6, 6.07) is 22.3. The standard InChI is InChI=1S/C35H29ClN2O7/c36-21-9-5-10-22(17-21)38-32(43)27-18-26-24(12-13-25-29(26)33(44)37(31(25)42)15-14-28(40)41)30(19-6-4-11-23(39)16-19)35(27,34(38)45)20-7-2-1-3-8-20/h1-12,16-17,25-27,29-30,39H,13-15,18H2,(H,40,41). The van der Waals surface area contributed by atoms with Gasteiger partial charge in [0.1, 0.15) is 5.75 Å². The van der Waals surface area contributed by atoms with E-state index in [1.54, 1.807) is 36.4 Å². The van der Waals surface area contributed by atoms with Crippen LogP contribution in [0.2, 0.25) is 5.02 Å². The van der Waals surface area contributed by atoms with Crippen LogP contribution in [-0.2, 0) is 29.4 Å². The molecule has 4 aliphatic rings. The van der Waals surface area contributed by atoms with Crippen molar-refractivity contribution in [1.82, 2.24) is 4.90 Å². The minimum atomic E-state index is -1.43. The number of phenols is 1. The Morgan fingerprint density at radius 2 is 1.64 bits per heavy atom. The fourth-order valence-corrected chi connectivity index (χ4v) is 8.50. The number of aromatic hydroxyl groups is 1. The van der Waals surface area contributed by atoms with E-state index in [9.17, 15) is 29.4 Å². The van der Waals surface area contributed by atoms with E-state index in [0.29, 0.717) is 21.8 Å². The van der Waals surface area contributed by atoms with Crippen molar-refractivity contribution in [3.8, 4) is 5.75 Å². The third-order valence-corrected chi connectivity index (χ3v) is 10.2. The van der Waals surface area contributed by atoms with Gasteiger partial charge >= 0.3 is 5.97 Å². The zero-order valence-corrected chi connectivity index (χ0v) is 24.8. The molecule has 2 saturated heterocycles. The van der Waals surface area contributed by atoms with Crippen molar-refractivity contribution in [2.24, 2.45) is 23.7 Å². The average Bonchev–Trinajstić information content (AvgIpc) is 3.40. The Labute approximate surface area is 263 Å². The average molecular weight is 625 g/mol. The number of phenolic OH excluding ortho intramolecular Hbond substituents is 1. The Morgan fingerprint density at radius 1 is 0.889 bits per heavy atom. The fourth-order valence-electron chi connectivity index (χ4n) is 8.32. The van der Waals surface area contributed by atoms with Crippen LogP contribution in [0.15, 0.2) is 90.5 Å². The lowest BCUT2D eigenvalue weighted by Gasteiger charge is -2.50. The van der Waals surface area contributed by atoms with E-state index in [4.69, 9.17) is 11.6 Å². The molecule has 0 bridgehead atoms. The molecule has 2 N–H and O–H groups in total. The first kappa shape index (κ1) is 29.0. The van der Waals surface area contributed by atoms with Crippen molar-refractivity contribution in [1.29, 1.82) is 0 Å². The summed E-state index contributed by atoms with van der Waals surface area (Å²) in [5, 5.41) is 20.2. The van der Waals surface area contributed by atoms with Crippen molar-refractivity contribution in [2.45, 2.75) is 30.6 Å². The second kappa shape index (κ2) is 10.7. The van der Waals surface area contributed by atoms with Crippen LogP contribution in [0.3, 0.4) is 0 Å². The highest BCUT2D eigenvalue weighted by molar-refractivity contribution is 6.32. The van der Waals surface area contributed by atoms with Gasteiger partial charge in [-0.15, -0.1) is 0 Å². The van der Waals surface area contributed by atoms with Crippen molar-refractivity contribution >= 4 is 46.9 Å². The molecule has 0 spiro atoms. The lowest BCUT2D eigenvalue weighted by Crippen LogP contribution is -2.53. The van der Waals surface area contributed by atoms with E-state index in [0.717, 1.165) is 10.5 Å². The maximum atomic E-state index is 15.1. The summed E-state index contributed by atoms with van der Waals surface area (Å²) in [4.78, 5) is 70.5. The maximum Gasteiger partial charge on any atom is 0.305 e. The molecule has 9 nitrogen and oxygen atoms in total. The lowest BCUT2D eigenvalue weighted by molar-refractivity contribution is -0.142. The van der Waals surface area contributed by atoms with Gasteiger partial charge in [-0.3, -0.25) is 28.9 Å². The largest absolute Gasteiger partial charge is 0.508 e. The molecule has 1 saturated carbocycles. The van der Waals surface area contributed by atoms with Gasteiger partial charge in [-0.2, -0.15) is 0 Å². The number of carbonyl (C=O) groups excluding carboxylic acids is 4. The molecule has 10 heteroatoms. The molecule has 3 aromatic rings. The second-order valence-corrected chi connectivity index (χ2v) is 12.6.